The van der Waals surface area contributed by atoms with E-state index in [4.69, 9.17) is 0 Å². The van der Waals surface area contributed by atoms with E-state index >= 15 is 0 Å². The highest BCUT2D eigenvalue weighted by Gasteiger charge is 2.26. The molecule has 1 saturated carbocycles. The van der Waals surface area contributed by atoms with Gasteiger partial charge in [-0.1, -0.05) is 19.4 Å². The average Bonchev–Trinajstić information content (AvgIpc) is 2.77. The van der Waals surface area contributed by atoms with Gasteiger partial charge in [0, 0.05) is 0 Å². The fourth-order valence-corrected chi connectivity index (χ4v) is 1.19. The molecule has 1 atom stereocenters. The van der Waals surface area contributed by atoms with Crippen molar-refractivity contribution in [1.82, 2.24) is 10.6 Å². The Balaban J connectivity index is 1.99. The molecule has 1 aliphatic rings. The minimum absolute atomic E-state index is 0.893. The van der Waals surface area contributed by atoms with Crippen molar-refractivity contribution in [1.29, 1.82) is 0 Å². The van der Waals surface area contributed by atoms with E-state index in [0.717, 1.165) is 19.1 Å². The van der Waals surface area contributed by atoms with E-state index in [1.54, 1.807) is 5.57 Å². The van der Waals surface area contributed by atoms with Crippen LogP contribution in [0.3, 0.4) is 0 Å². The molecule has 0 bridgehead atoms. The third kappa shape index (κ3) is 2.93. The Bertz CT molecular complexity index is 140. The van der Waals surface area contributed by atoms with Crippen molar-refractivity contribution in [3.05, 3.63) is 11.8 Å². The summed E-state index contributed by atoms with van der Waals surface area (Å²) in [5.41, 5.74) is 1.59. The number of nitrogens with one attached hydrogen (secondary N) is 2. The Labute approximate surface area is 69.1 Å². The minimum atomic E-state index is 0.893. The van der Waals surface area contributed by atoms with E-state index in [-0.39, 0.29) is 0 Å². The van der Waals surface area contributed by atoms with Crippen LogP contribution in [0.2, 0.25) is 0 Å². The van der Waals surface area contributed by atoms with Crippen LogP contribution in [0.5, 0.6) is 0 Å². The van der Waals surface area contributed by atoms with Gasteiger partial charge in [-0.2, -0.15) is 0 Å². The molecule has 0 amide bonds. The third-order valence-electron chi connectivity index (χ3n) is 2.10. The van der Waals surface area contributed by atoms with E-state index in [1.807, 2.05) is 0 Å². The zero-order valence-corrected chi connectivity index (χ0v) is 7.48. The van der Waals surface area contributed by atoms with Crippen LogP contribution in [0.1, 0.15) is 26.7 Å². The largest absolute Gasteiger partial charge is 0.378 e. The van der Waals surface area contributed by atoms with Crippen LogP contribution in [0.4, 0.5) is 0 Å². The van der Waals surface area contributed by atoms with Gasteiger partial charge in [0.25, 0.3) is 0 Å². The van der Waals surface area contributed by atoms with Crippen LogP contribution in [0, 0.1) is 5.92 Å². The molecule has 64 valence electrons. The van der Waals surface area contributed by atoms with E-state index in [9.17, 15) is 0 Å². The Morgan fingerprint density at radius 2 is 2.36 bits per heavy atom. The summed E-state index contributed by atoms with van der Waals surface area (Å²) in [6, 6.07) is 0. The van der Waals surface area contributed by atoms with Crippen molar-refractivity contribution in [2.24, 2.45) is 5.92 Å². The number of hydrogen-bond donors (Lipinski definition) is 2. The van der Waals surface area contributed by atoms with Gasteiger partial charge < -0.3 is 10.6 Å². The van der Waals surface area contributed by atoms with Gasteiger partial charge in [-0.25, -0.2) is 0 Å². The smallest absolute Gasteiger partial charge is 0.0647 e. The molecule has 11 heavy (non-hydrogen) atoms. The van der Waals surface area contributed by atoms with Crippen molar-refractivity contribution in [3.8, 4) is 0 Å². The first-order chi connectivity index (χ1) is 5.38. The summed E-state index contributed by atoms with van der Waals surface area (Å²) >= 11 is 0. The lowest BCUT2D eigenvalue weighted by Crippen LogP contribution is -2.24. The van der Waals surface area contributed by atoms with Gasteiger partial charge in [0.05, 0.1) is 6.67 Å². The molecule has 2 nitrogen and oxygen atoms in total. The van der Waals surface area contributed by atoms with Crippen LogP contribution >= 0.6 is 0 Å². The summed E-state index contributed by atoms with van der Waals surface area (Å²) in [5.74, 6) is 0.893. The van der Waals surface area contributed by atoms with Gasteiger partial charge in [0.1, 0.15) is 0 Å². The maximum absolute atomic E-state index is 3.24. The molecule has 0 heterocycles. The SMILES string of the molecule is CCNCN/C=C1\CC1CC. The topological polar surface area (TPSA) is 24.1 Å². The molecule has 0 aromatic heterocycles. The van der Waals surface area contributed by atoms with Crippen LogP contribution < -0.4 is 10.6 Å². The second kappa shape index (κ2) is 4.39. The Morgan fingerprint density at radius 3 is 2.91 bits per heavy atom. The predicted molar refractivity (Wildman–Crippen MR) is 48.2 cm³/mol. The molecule has 2 N–H and O–H groups in total. The highest BCUT2D eigenvalue weighted by atomic mass is 15.0. The first-order valence-electron chi connectivity index (χ1n) is 4.51. The lowest BCUT2D eigenvalue weighted by molar-refractivity contribution is 0.674. The van der Waals surface area contributed by atoms with Crippen molar-refractivity contribution in [2.45, 2.75) is 26.7 Å². The van der Waals surface area contributed by atoms with Gasteiger partial charge >= 0.3 is 0 Å². The first-order valence-corrected chi connectivity index (χ1v) is 4.51. The number of rotatable bonds is 5. The molecule has 0 radical (unpaired) electrons. The quantitative estimate of drug-likeness (QED) is 0.463. The summed E-state index contributed by atoms with van der Waals surface area (Å²) in [6.07, 6.45) is 4.78. The summed E-state index contributed by atoms with van der Waals surface area (Å²) in [7, 11) is 0. The van der Waals surface area contributed by atoms with Crippen LogP contribution in [-0.4, -0.2) is 13.2 Å². The third-order valence-corrected chi connectivity index (χ3v) is 2.10. The van der Waals surface area contributed by atoms with Gasteiger partial charge in [0.2, 0.25) is 0 Å². The summed E-state index contributed by atoms with van der Waals surface area (Å²) < 4.78 is 0. The van der Waals surface area contributed by atoms with E-state index < -0.39 is 0 Å². The van der Waals surface area contributed by atoms with Gasteiger partial charge in [-0.15, -0.1) is 0 Å². The molecule has 2 heteroatoms. The molecule has 0 aromatic rings. The van der Waals surface area contributed by atoms with Crippen LogP contribution in [0.15, 0.2) is 11.8 Å². The van der Waals surface area contributed by atoms with Crippen molar-refractivity contribution < 1.29 is 0 Å². The highest BCUT2D eigenvalue weighted by molar-refractivity contribution is 5.21. The molecule has 1 unspecified atom stereocenters. The monoisotopic (exact) mass is 154 g/mol. The maximum Gasteiger partial charge on any atom is 0.0647 e. The summed E-state index contributed by atoms with van der Waals surface area (Å²) in [4.78, 5) is 0. The average molecular weight is 154 g/mol. The lowest BCUT2D eigenvalue weighted by Gasteiger charge is -1.98. The lowest BCUT2D eigenvalue weighted by atomic mass is 10.3. The Kier molecular flexibility index (Phi) is 3.43. The van der Waals surface area contributed by atoms with Gasteiger partial charge in [0.15, 0.2) is 0 Å². The first kappa shape index (κ1) is 8.60. The molecule has 0 aliphatic heterocycles. The Hall–Kier alpha value is -0.500. The highest BCUT2D eigenvalue weighted by Crippen LogP contribution is 2.39. The summed E-state index contributed by atoms with van der Waals surface area (Å²) in [6.45, 7) is 6.29. The van der Waals surface area contributed by atoms with E-state index in [0.29, 0.717) is 0 Å². The minimum Gasteiger partial charge on any atom is -0.378 e. The Morgan fingerprint density at radius 1 is 1.55 bits per heavy atom. The predicted octanol–water partition coefficient (Wildman–Crippen LogP) is 1.46. The molecular weight excluding hydrogens is 136 g/mol. The number of hydrogen-bond acceptors (Lipinski definition) is 2. The molecule has 0 spiro atoms. The van der Waals surface area contributed by atoms with Crippen molar-refractivity contribution in [2.75, 3.05) is 13.2 Å². The molecule has 1 fully saturated rings. The second-order valence-electron chi connectivity index (χ2n) is 3.01. The maximum atomic E-state index is 3.24. The second-order valence-corrected chi connectivity index (χ2v) is 3.01. The fraction of sp³-hybridized carbons (Fsp3) is 0.778. The van der Waals surface area contributed by atoms with Gasteiger partial charge in [-0.3, -0.25) is 0 Å². The van der Waals surface area contributed by atoms with E-state index in [2.05, 4.69) is 30.7 Å². The molecule has 1 rings (SSSR count). The van der Waals surface area contributed by atoms with Crippen LogP contribution in [-0.2, 0) is 0 Å². The van der Waals surface area contributed by atoms with E-state index in [1.165, 1.54) is 12.8 Å². The molecule has 1 aliphatic carbocycles. The number of allylic oxidation sites excluding steroid dienone is 1. The standard InChI is InChI=1S/C9H18N2/c1-3-8-5-9(8)6-11-7-10-4-2/h6,8,10-11H,3-5,7H2,1-2H3/b9-6+. The molecule has 0 saturated heterocycles. The van der Waals surface area contributed by atoms with Gasteiger partial charge in [-0.05, 0) is 31.5 Å². The zero-order valence-electron chi connectivity index (χ0n) is 7.48. The van der Waals surface area contributed by atoms with Crippen molar-refractivity contribution in [3.63, 3.8) is 0 Å². The van der Waals surface area contributed by atoms with Crippen LogP contribution in [0.25, 0.3) is 0 Å². The molecule has 0 aromatic carbocycles. The fourth-order valence-electron chi connectivity index (χ4n) is 1.19. The zero-order chi connectivity index (χ0) is 8.10. The normalized spacial score (nSPS) is 25.6. The van der Waals surface area contributed by atoms with Crippen molar-refractivity contribution >= 4 is 0 Å². The molecular formula is C9H18N2. The summed E-state index contributed by atoms with van der Waals surface area (Å²) in [5, 5.41) is 6.45.